The van der Waals surface area contributed by atoms with E-state index in [1.165, 1.54) is 0 Å². The van der Waals surface area contributed by atoms with Crippen LogP contribution in [0, 0.1) is 5.92 Å². The maximum absolute atomic E-state index is 12.4. The predicted molar refractivity (Wildman–Crippen MR) is 82.2 cm³/mol. The highest BCUT2D eigenvalue weighted by molar-refractivity contribution is 7.89. The van der Waals surface area contributed by atoms with Crippen molar-refractivity contribution < 1.29 is 8.42 Å². The van der Waals surface area contributed by atoms with Gasteiger partial charge in [0.25, 0.3) is 0 Å². The van der Waals surface area contributed by atoms with Crippen molar-refractivity contribution in [3.05, 3.63) is 42.5 Å². The van der Waals surface area contributed by atoms with Gasteiger partial charge in [-0.25, -0.2) is 13.1 Å². The minimum absolute atomic E-state index is 0.241. The average Bonchev–Trinajstić information content (AvgIpc) is 2.45. The molecule has 0 aromatic heterocycles. The van der Waals surface area contributed by atoms with Crippen molar-refractivity contribution in [3.63, 3.8) is 0 Å². The zero-order valence-corrected chi connectivity index (χ0v) is 12.6. The molecule has 1 unspecified atom stereocenters. The third-order valence-electron chi connectivity index (χ3n) is 3.21. The van der Waals surface area contributed by atoms with E-state index in [1.54, 1.807) is 12.1 Å². The lowest BCUT2D eigenvalue weighted by Crippen LogP contribution is -2.32. The van der Waals surface area contributed by atoms with E-state index in [-0.39, 0.29) is 5.92 Å². The van der Waals surface area contributed by atoms with Crippen LogP contribution in [0.4, 0.5) is 0 Å². The summed E-state index contributed by atoms with van der Waals surface area (Å²) in [5.41, 5.74) is 0. The normalized spacial score (nSPS) is 13.5. The first kappa shape index (κ1) is 15.0. The summed E-state index contributed by atoms with van der Waals surface area (Å²) in [6, 6.07) is 12.8. The molecule has 0 aliphatic carbocycles. The molecule has 20 heavy (non-hydrogen) atoms. The van der Waals surface area contributed by atoms with Crippen molar-refractivity contribution >= 4 is 20.8 Å². The molecule has 5 heteroatoms. The maximum Gasteiger partial charge on any atom is 0.241 e. The van der Waals surface area contributed by atoms with Crippen LogP contribution in [-0.4, -0.2) is 28.6 Å². The molecular weight excluding hydrogens is 272 g/mol. The van der Waals surface area contributed by atoms with Gasteiger partial charge in [-0.2, -0.15) is 0 Å². The number of nitrogens with one attached hydrogen (secondary N) is 2. The van der Waals surface area contributed by atoms with E-state index in [2.05, 4.69) is 10.0 Å². The van der Waals surface area contributed by atoms with Gasteiger partial charge in [0.05, 0.1) is 4.90 Å². The molecule has 0 radical (unpaired) electrons. The topological polar surface area (TPSA) is 58.2 Å². The third kappa shape index (κ3) is 3.36. The van der Waals surface area contributed by atoms with Crippen LogP contribution in [0.1, 0.15) is 6.92 Å². The quantitative estimate of drug-likeness (QED) is 0.856. The number of hydrogen-bond acceptors (Lipinski definition) is 3. The summed E-state index contributed by atoms with van der Waals surface area (Å²) >= 11 is 0. The number of fused-ring (bicyclic) bond motifs is 1. The van der Waals surface area contributed by atoms with Gasteiger partial charge in [0.2, 0.25) is 10.0 Å². The van der Waals surface area contributed by atoms with Crippen LogP contribution in [0.5, 0.6) is 0 Å². The molecule has 108 valence electrons. The SMILES string of the molecule is CNCC(C)CNS(=O)(=O)c1cccc2ccccc12. The predicted octanol–water partition coefficient (Wildman–Crippen LogP) is 1.97. The van der Waals surface area contributed by atoms with Gasteiger partial charge >= 0.3 is 0 Å². The summed E-state index contributed by atoms with van der Waals surface area (Å²) in [6.45, 7) is 3.20. The second-order valence-corrected chi connectivity index (χ2v) is 6.73. The molecule has 0 heterocycles. The highest BCUT2D eigenvalue weighted by atomic mass is 32.2. The van der Waals surface area contributed by atoms with Gasteiger partial charge in [-0.05, 0) is 31.0 Å². The highest BCUT2D eigenvalue weighted by Gasteiger charge is 2.17. The van der Waals surface area contributed by atoms with Crippen LogP contribution in [0.15, 0.2) is 47.4 Å². The Balaban J connectivity index is 2.28. The molecule has 0 aliphatic rings. The Morgan fingerprint density at radius 2 is 1.75 bits per heavy atom. The fraction of sp³-hybridized carbons (Fsp3) is 0.333. The number of sulfonamides is 1. The van der Waals surface area contributed by atoms with Crippen LogP contribution in [0.3, 0.4) is 0 Å². The zero-order chi connectivity index (χ0) is 14.6. The minimum Gasteiger partial charge on any atom is -0.319 e. The molecule has 0 bridgehead atoms. The monoisotopic (exact) mass is 292 g/mol. The molecule has 0 saturated heterocycles. The minimum atomic E-state index is -3.48. The molecule has 4 nitrogen and oxygen atoms in total. The number of rotatable bonds is 6. The van der Waals surface area contributed by atoms with Gasteiger partial charge in [-0.1, -0.05) is 43.3 Å². The molecule has 2 aromatic rings. The summed E-state index contributed by atoms with van der Waals surface area (Å²) in [6.07, 6.45) is 0. The molecule has 0 fully saturated rings. The number of benzene rings is 2. The molecule has 0 amide bonds. The van der Waals surface area contributed by atoms with Crippen molar-refractivity contribution in [1.29, 1.82) is 0 Å². The fourth-order valence-corrected chi connectivity index (χ4v) is 3.57. The summed E-state index contributed by atoms with van der Waals surface area (Å²) in [4.78, 5) is 0.340. The zero-order valence-electron chi connectivity index (χ0n) is 11.8. The maximum atomic E-state index is 12.4. The summed E-state index contributed by atoms with van der Waals surface area (Å²) in [7, 11) is -1.62. The Morgan fingerprint density at radius 1 is 1.05 bits per heavy atom. The Hall–Kier alpha value is -1.43. The molecule has 0 saturated carbocycles. The first-order valence-corrected chi connectivity index (χ1v) is 8.15. The summed E-state index contributed by atoms with van der Waals surface area (Å²) in [5, 5.41) is 4.72. The van der Waals surface area contributed by atoms with Gasteiger partial charge in [0.1, 0.15) is 0 Å². The van der Waals surface area contributed by atoms with E-state index in [0.29, 0.717) is 11.4 Å². The van der Waals surface area contributed by atoms with Gasteiger partial charge in [-0.3, -0.25) is 0 Å². The largest absolute Gasteiger partial charge is 0.319 e. The third-order valence-corrected chi connectivity index (χ3v) is 4.70. The lowest BCUT2D eigenvalue weighted by Gasteiger charge is -2.13. The van der Waals surface area contributed by atoms with Crippen LogP contribution in [0.2, 0.25) is 0 Å². The Kier molecular flexibility index (Phi) is 4.75. The van der Waals surface area contributed by atoms with E-state index >= 15 is 0 Å². The Morgan fingerprint density at radius 3 is 2.50 bits per heavy atom. The van der Waals surface area contributed by atoms with Gasteiger partial charge in [0.15, 0.2) is 0 Å². The van der Waals surface area contributed by atoms with Crippen LogP contribution in [-0.2, 0) is 10.0 Å². The Bertz CT molecular complexity index is 678. The van der Waals surface area contributed by atoms with E-state index in [0.717, 1.165) is 17.3 Å². The van der Waals surface area contributed by atoms with Gasteiger partial charge < -0.3 is 5.32 Å². The average molecular weight is 292 g/mol. The van der Waals surface area contributed by atoms with Crippen LogP contribution >= 0.6 is 0 Å². The first-order valence-electron chi connectivity index (χ1n) is 6.66. The molecule has 2 N–H and O–H groups in total. The van der Waals surface area contributed by atoms with Crippen molar-refractivity contribution in [2.45, 2.75) is 11.8 Å². The van der Waals surface area contributed by atoms with E-state index < -0.39 is 10.0 Å². The van der Waals surface area contributed by atoms with Crippen LogP contribution in [0.25, 0.3) is 10.8 Å². The van der Waals surface area contributed by atoms with Crippen molar-refractivity contribution in [2.24, 2.45) is 5.92 Å². The fourth-order valence-electron chi connectivity index (χ4n) is 2.18. The molecule has 0 aliphatic heterocycles. The highest BCUT2D eigenvalue weighted by Crippen LogP contribution is 2.22. The smallest absolute Gasteiger partial charge is 0.241 e. The Labute approximate surface area is 120 Å². The lowest BCUT2D eigenvalue weighted by molar-refractivity contribution is 0.519. The molecule has 0 spiro atoms. The van der Waals surface area contributed by atoms with E-state index in [4.69, 9.17) is 0 Å². The first-order chi connectivity index (χ1) is 9.54. The molecule has 2 aromatic carbocycles. The van der Waals surface area contributed by atoms with Gasteiger partial charge in [-0.15, -0.1) is 0 Å². The molecule has 1 atom stereocenters. The molecule has 2 rings (SSSR count). The van der Waals surface area contributed by atoms with Crippen molar-refractivity contribution in [1.82, 2.24) is 10.0 Å². The van der Waals surface area contributed by atoms with Gasteiger partial charge in [0, 0.05) is 11.9 Å². The summed E-state index contributed by atoms with van der Waals surface area (Å²) in [5.74, 6) is 0.241. The number of hydrogen-bond donors (Lipinski definition) is 2. The van der Waals surface area contributed by atoms with Crippen molar-refractivity contribution in [3.8, 4) is 0 Å². The molecular formula is C15H20N2O2S. The van der Waals surface area contributed by atoms with E-state index in [1.807, 2.05) is 44.3 Å². The second-order valence-electron chi connectivity index (χ2n) is 4.99. The van der Waals surface area contributed by atoms with Crippen LogP contribution < -0.4 is 10.0 Å². The lowest BCUT2D eigenvalue weighted by atomic mass is 10.1. The second kappa shape index (κ2) is 6.35. The van der Waals surface area contributed by atoms with E-state index in [9.17, 15) is 8.42 Å². The van der Waals surface area contributed by atoms with Crippen molar-refractivity contribution in [2.75, 3.05) is 20.1 Å². The standard InChI is InChI=1S/C15H20N2O2S/c1-12(10-16-2)11-17-20(18,19)15-9-5-7-13-6-3-4-8-14(13)15/h3-9,12,16-17H,10-11H2,1-2H3. The summed E-state index contributed by atoms with van der Waals surface area (Å²) < 4.78 is 27.5.